The van der Waals surface area contributed by atoms with E-state index >= 15 is 0 Å². The van der Waals surface area contributed by atoms with E-state index in [1.807, 2.05) is 6.92 Å². The number of aryl methyl sites for hydroxylation is 1. The second-order valence-corrected chi connectivity index (χ2v) is 5.04. The molecular weight excluding hydrogens is 206 g/mol. The van der Waals surface area contributed by atoms with Gasteiger partial charge in [-0.1, -0.05) is 29.3 Å². The lowest BCUT2D eigenvalue weighted by Gasteiger charge is -1.97. The highest BCUT2D eigenvalue weighted by molar-refractivity contribution is 7.94. The second-order valence-electron chi connectivity index (χ2n) is 2.57. The zero-order valence-corrected chi connectivity index (χ0v) is 9.14. The number of thiol groups is 1. The van der Waals surface area contributed by atoms with Crippen molar-refractivity contribution in [3.8, 4) is 0 Å². The van der Waals surface area contributed by atoms with Crippen LogP contribution in [0, 0.1) is 6.92 Å². The third-order valence-electron chi connectivity index (χ3n) is 1.51. The van der Waals surface area contributed by atoms with Gasteiger partial charge in [-0.2, -0.15) is 8.42 Å². The van der Waals surface area contributed by atoms with E-state index in [1.54, 1.807) is 30.5 Å². The Morgan fingerprint density at radius 1 is 1.23 bits per heavy atom. The fourth-order valence-electron chi connectivity index (χ4n) is 0.865. The maximum absolute atomic E-state index is 11.4. The van der Waals surface area contributed by atoms with Gasteiger partial charge < -0.3 is 0 Å². The molecule has 0 amide bonds. The lowest BCUT2D eigenvalue weighted by Crippen LogP contribution is -1.95. The normalized spacial score (nSPS) is 12.8. The fourth-order valence-corrected chi connectivity index (χ4v) is 2.58. The highest BCUT2D eigenvalue weighted by atomic mass is 32.2. The van der Waals surface area contributed by atoms with Crippen molar-refractivity contribution in [1.29, 1.82) is 0 Å². The summed E-state index contributed by atoms with van der Waals surface area (Å²) in [7, 11) is -3.41. The monoisotopic (exact) mass is 217 g/mol. The quantitative estimate of drug-likeness (QED) is 0.759. The smallest absolute Gasteiger partial charge is 0.199 e. The van der Waals surface area contributed by atoms with Crippen LogP contribution in [0.1, 0.15) is 5.56 Å². The van der Waals surface area contributed by atoms with Gasteiger partial charge in [-0.3, -0.25) is 0 Å². The summed E-state index contributed by atoms with van der Waals surface area (Å²) in [4.78, 5) is 0.257. The molecule has 0 saturated carbocycles. The van der Waals surface area contributed by atoms with Gasteiger partial charge in [0.05, 0.1) is 4.90 Å². The molecule has 1 rings (SSSR count). The molecular formula is C8H11NO2S2. The van der Waals surface area contributed by atoms with Crippen LogP contribution in [0.25, 0.3) is 0 Å². The topological polar surface area (TPSA) is 46.5 Å². The number of rotatable bonds is 2. The number of benzene rings is 1. The van der Waals surface area contributed by atoms with E-state index in [0.29, 0.717) is 11.6 Å². The first-order valence-corrected chi connectivity index (χ1v) is 6.42. The van der Waals surface area contributed by atoms with Crippen molar-refractivity contribution in [2.75, 3.05) is 6.26 Å². The van der Waals surface area contributed by atoms with Crippen molar-refractivity contribution in [3.63, 3.8) is 0 Å². The molecule has 3 nitrogen and oxygen atoms in total. The van der Waals surface area contributed by atoms with Crippen LogP contribution in [0.2, 0.25) is 0 Å². The van der Waals surface area contributed by atoms with Gasteiger partial charge in [0.1, 0.15) is 0 Å². The molecule has 0 spiro atoms. The molecule has 13 heavy (non-hydrogen) atoms. The predicted octanol–water partition coefficient (Wildman–Crippen LogP) is 1.31. The summed E-state index contributed by atoms with van der Waals surface area (Å²) < 4.78 is 26.2. The summed E-state index contributed by atoms with van der Waals surface area (Å²) in [6, 6.07) is 6.66. The average Bonchev–Trinajstić information content (AvgIpc) is 2.05. The first kappa shape index (κ1) is 10.4. The van der Waals surface area contributed by atoms with E-state index in [2.05, 4.69) is 3.77 Å². The van der Waals surface area contributed by atoms with Crippen LogP contribution >= 0.6 is 0 Å². The minimum absolute atomic E-state index is 0.257. The van der Waals surface area contributed by atoms with E-state index in [0.717, 1.165) is 5.56 Å². The minimum atomic E-state index is -3.41. The van der Waals surface area contributed by atoms with Gasteiger partial charge in [-0.25, -0.2) is 0 Å². The van der Waals surface area contributed by atoms with Crippen molar-refractivity contribution in [3.05, 3.63) is 29.8 Å². The summed E-state index contributed by atoms with van der Waals surface area (Å²) in [6.07, 6.45) is 1.67. The fraction of sp³-hybridized carbons (Fsp3) is 0.250. The van der Waals surface area contributed by atoms with Gasteiger partial charge in [0.15, 0.2) is 0 Å². The summed E-state index contributed by atoms with van der Waals surface area (Å²) in [6.45, 7) is 1.91. The van der Waals surface area contributed by atoms with Gasteiger partial charge in [0, 0.05) is 0 Å². The van der Waals surface area contributed by atoms with Gasteiger partial charge >= 0.3 is 0 Å². The van der Waals surface area contributed by atoms with Crippen LogP contribution in [0.4, 0.5) is 0 Å². The Morgan fingerprint density at radius 2 is 1.77 bits per heavy atom. The van der Waals surface area contributed by atoms with Crippen molar-refractivity contribution in [2.24, 2.45) is 3.77 Å². The van der Waals surface area contributed by atoms with Gasteiger partial charge in [-0.15, -0.1) is 3.77 Å². The van der Waals surface area contributed by atoms with Crippen LogP contribution in [-0.4, -0.2) is 14.7 Å². The number of nitrogens with zero attached hydrogens (tertiary/aromatic N) is 1. The second kappa shape index (κ2) is 4.02. The first-order chi connectivity index (χ1) is 6.06. The van der Waals surface area contributed by atoms with Crippen LogP contribution < -0.4 is 0 Å². The van der Waals surface area contributed by atoms with E-state index in [1.165, 1.54) is 0 Å². The molecule has 1 aromatic rings. The molecule has 0 saturated heterocycles. The average molecular weight is 217 g/mol. The zero-order chi connectivity index (χ0) is 9.90. The van der Waals surface area contributed by atoms with E-state index in [9.17, 15) is 8.42 Å². The van der Waals surface area contributed by atoms with Gasteiger partial charge in [0.2, 0.25) is 0 Å². The highest BCUT2D eigenvalue weighted by Crippen LogP contribution is 2.12. The predicted molar refractivity (Wildman–Crippen MR) is 55.5 cm³/mol. The first-order valence-electron chi connectivity index (χ1n) is 3.69. The van der Waals surface area contributed by atoms with Gasteiger partial charge in [0.25, 0.3) is 10.0 Å². The molecule has 0 fully saturated rings. The summed E-state index contributed by atoms with van der Waals surface area (Å²) in [5.41, 5.74) is 1.04. The van der Waals surface area contributed by atoms with Crippen molar-refractivity contribution in [2.45, 2.75) is 11.8 Å². The van der Waals surface area contributed by atoms with E-state index in [-0.39, 0.29) is 4.90 Å². The minimum Gasteiger partial charge on any atom is -0.199 e. The molecule has 0 aliphatic heterocycles. The van der Waals surface area contributed by atoms with Crippen molar-refractivity contribution < 1.29 is 8.42 Å². The van der Waals surface area contributed by atoms with E-state index < -0.39 is 10.0 Å². The maximum Gasteiger partial charge on any atom is 0.287 e. The molecule has 0 unspecified atom stereocenters. The van der Waals surface area contributed by atoms with E-state index in [4.69, 9.17) is 0 Å². The summed E-state index contributed by atoms with van der Waals surface area (Å²) in [5.74, 6) is 0. The Morgan fingerprint density at radius 3 is 2.23 bits per heavy atom. The molecule has 1 aromatic carbocycles. The lowest BCUT2D eigenvalue weighted by molar-refractivity contribution is 0.598. The Kier molecular flexibility index (Phi) is 3.22. The van der Waals surface area contributed by atoms with Crippen LogP contribution in [-0.2, 0) is 21.6 Å². The third kappa shape index (κ3) is 2.63. The SMILES string of the molecule is C[SH]=NS(=O)(=O)c1ccc(C)cc1. The molecule has 0 aliphatic carbocycles. The molecule has 0 N–H and O–H groups in total. The number of sulfonamides is 1. The van der Waals surface area contributed by atoms with Crippen molar-refractivity contribution >= 4 is 21.6 Å². The molecule has 0 atom stereocenters. The molecule has 72 valence electrons. The molecule has 5 heteroatoms. The molecule has 0 bridgehead atoms. The Hall–Kier alpha value is -0.680. The molecule has 0 heterocycles. The van der Waals surface area contributed by atoms with Gasteiger partial charge in [-0.05, 0) is 25.3 Å². The summed E-state index contributed by atoms with van der Waals surface area (Å²) >= 11 is 0.507. The van der Waals surface area contributed by atoms with Crippen LogP contribution in [0.5, 0.6) is 0 Å². The summed E-state index contributed by atoms with van der Waals surface area (Å²) in [5, 5.41) is 0. The number of hydrogen-bond donors (Lipinski definition) is 1. The number of hydrogen-bond acceptors (Lipinski definition) is 2. The maximum atomic E-state index is 11.4. The van der Waals surface area contributed by atoms with Crippen LogP contribution in [0.3, 0.4) is 0 Å². The molecule has 0 aliphatic rings. The Balaban J connectivity index is 3.17. The highest BCUT2D eigenvalue weighted by Gasteiger charge is 2.09. The molecule has 0 aromatic heterocycles. The standard InChI is InChI=1S/C8H11NO2S2/c1-7-3-5-8(6-4-7)13(10,11)9-12-2/h3-6,12H,1-2H3. The zero-order valence-electron chi connectivity index (χ0n) is 7.43. The molecule has 0 radical (unpaired) electrons. The third-order valence-corrected chi connectivity index (χ3v) is 3.89. The Labute approximate surface area is 82.0 Å². The Bertz CT molecular complexity index is 406. The van der Waals surface area contributed by atoms with Crippen molar-refractivity contribution in [1.82, 2.24) is 0 Å². The largest absolute Gasteiger partial charge is 0.287 e. The van der Waals surface area contributed by atoms with Crippen LogP contribution in [0.15, 0.2) is 32.9 Å². The lowest BCUT2D eigenvalue weighted by atomic mass is 10.2.